The number of ether oxygens (including phenoxy) is 2. The van der Waals surface area contributed by atoms with E-state index in [2.05, 4.69) is 28.1 Å². The van der Waals surface area contributed by atoms with Crippen LogP contribution in [0.3, 0.4) is 0 Å². The van der Waals surface area contributed by atoms with Gasteiger partial charge in [0.25, 0.3) is 0 Å². The molecule has 234 valence electrons. The van der Waals surface area contributed by atoms with Gasteiger partial charge < -0.3 is 34.4 Å². The normalized spacial score (nSPS) is 22.2. The van der Waals surface area contributed by atoms with Crippen LogP contribution < -0.4 is 15.4 Å². The molecule has 0 bridgehead atoms. The predicted octanol–water partition coefficient (Wildman–Crippen LogP) is 3.82. The molecule has 2 fully saturated rings. The van der Waals surface area contributed by atoms with Gasteiger partial charge in [-0.15, -0.1) is 11.3 Å². The van der Waals surface area contributed by atoms with Crippen LogP contribution in [-0.4, -0.2) is 94.0 Å². The molecule has 3 aromatic heterocycles. The van der Waals surface area contributed by atoms with Crippen LogP contribution in [0.5, 0.6) is 6.01 Å². The molecule has 0 spiro atoms. The van der Waals surface area contributed by atoms with Crippen molar-refractivity contribution in [3.8, 4) is 23.6 Å². The molecule has 1 aliphatic carbocycles. The van der Waals surface area contributed by atoms with Gasteiger partial charge in [0, 0.05) is 48.7 Å². The minimum absolute atomic E-state index is 0.241. The standard InChI is InChI=1S/C30H39N9O4S/c1-29(2,3)42-28(40)39-13-11-38(12-14-39)22-15-20(33-27(34-22)41-17-18-7-6-10-37(18)5)25-35-26(43-36-25)30(4)9-8-21-23(30)19(16-31)24(32)44-21/h15,18H,6-14,17,32H2,1-5H3/t18-,30?/m0/s1. The smallest absolute Gasteiger partial charge is 0.410 e. The van der Waals surface area contributed by atoms with Crippen LogP contribution in [0.1, 0.15) is 68.9 Å². The lowest BCUT2D eigenvalue weighted by atomic mass is 9.83. The number of likely N-dealkylation sites (tertiary alicyclic amines) is 1. The predicted molar refractivity (Wildman–Crippen MR) is 165 cm³/mol. The van der Waals surface area contributed by atoms with Gasteiger partial charge in [0.1, 0.15) is 34.8 Å². The molecule has 3 aliphatic rings. The van der Waals surface area contributed by atoms with Crippen LogP contribution in [0.2, 0.25) is 0 Å². The van der Waals surface area contributed by atoms with Crippen molar-refractivity contribution >= 4 is 28.2 Å². The molecule has 0 aromatic carbocycles. The summed E-state index contributed by atoms with van der Waals surface area (Å²) in [7, 11) is 2.10. The molecule has 1 unspecified atom stereocenters. The largest absolute Gasteiger partial charge is 0.462 e. The summed E-state index contributed by atoms with van der Waals surface area (Å²) < 4.78 is 17.6. The zero-order valence-corrected chi connectivity index (χ0v) is 26.7. The maximum Gasteiger partial charge on any atom is 0.410 e. The molecule has 1 amide bonds. The minimum Gasteiger partial charge on any atom is -0.462 e. The van der Waals surface area contributed by atoms with Crippen LogP contribution >= 0.6 is 11.3 Å². The average molecular weight is 622 g/mol. The van der Waals surface area contributed by atoms with Gasteiger partial charge in [0.2, 0.25) is 11.7 Å². The van der Waals surface area contributed by atoms with Gasteiger partial charge in [-0.05, 0) is 67.0 Å². The van der Waals surface area contributed by atoms with E-state index in [-0.39, 0.29) is 12.1 Å². The lowest BCUT2D eigenvalue weighted by molar-refractivity contribution is 0.0240. The van der Waals surface area contributed by atoms with Crippen molar-refractivity contribution in [3.05, 3.63) is 28.0 Å². The summed E-state index contributed by atoms with van der Waals surface area (Å²) in [4.78, 5) is 34.1. The van der Waals surface area contributed by atoms with E-state index >= 15 is 0 Å². The lowest BCUT2D eigenvalue weighted by Gasteiger charge is -2.36. The van der Waals surface area contributed by atoms with Crippen molar-refractivity contribution in [1.29, 1.82) is 5.26 Å². The molecule has 2 aliphatic heterocycles. The van der Waals surface area contributed by atoms with Gasteiger partial charge >= 0.3 is 12.1 Å². The van der Waals surface area contributed by atoms with Crippen molar-refractivity contribution in [3.63, 3.8) is 0 Å². The Morgan fingerprint density at radius 3 is 2.68 bits per heavy atom. The van der Waals surface area contributed by atoms with Crippen LogP contribution in [0.4, 0.5) is 15.6 Å². The van der Waals surface area contributed by atoms with Crippen molar-refractivity contribution < 1.29 is 18.8 Å². The number of amides is 1. The van der Waals surface area contributed by atoms with E-state index in [1.54, 1.807) is 4.90 Å². The summed E-state index contributed by atoms with van der Waals surface area (Å²) in [6, 6.07) is 4.64. The number of carbonyl (C=O) groups excluding carboxylic acids is 1. The molecule has 2 saturated heterocycles. The van der Waals surface area contributed by atoms with Gasteiger partial charge in [-0.25, -0.2) is 4.79 Å². The Hall–Kier alpha value is -3.96. The summed E-state index contributed by atoms with van der Waals surface area (Å²) in [6.45, 7) is 11.2. The monoisotopic (exact) mass is 621 g/mol. The molecule has 13 nitrogen and oxygen atoms in total. The number of nitriles is 1. The van der Waals surface area contributed by atoms with E-state index in [1.165, 1.54) is 11.3 Å². The van der Waals surface area contributed by atoms with Gasteiger partial charge in [-0.2, -0.15) is 20.2 Å². The molecular weight excluding hydrogens is 582 g/mol. The fraction of sp³-hybridized carbons (Fsp3) is 0.600. The van der Waals surface area contributed by atoms with E-state index in [1.807, 2.05) is 33.8 Å². The SMILES string of the molecule is CN1CCC[C@H]1COc1nc(-c2noc(C3(C)CCc4sc(N)c(C#N)c43)n2)cc(N2CCN(C(=O)OC(C)(C)C)CC2)n1. The second-order valence-corrected chi connectivity index (χ2v) is 14.1. The summed E-state index contributed by atoms with van der Waals surface area (Å²) in [5, 5.41) is 14.6. The van der Waals surface area contributed by atoms with Crippen molar-refractivity contribution in [2.75, 3.05) is 57.0 Å². The summed E-state index contributed by atoms with van der Waals surface area (Å²) in [5.41, 5.74) is 6.83. The van der Waals surface area contributed by atoms with Gasteiger partial charge in [-0.1, -0.05) is 5.16 Å². The number of piperazine rings is 1. The summed E-state index contributed by atoms with van der Waals surface area (Å²) in [5.74, 6) is 1.39. The molecule has 2 atom stereocenters. The Kier molecular flexibility index (Phi) is 7.87. The molecule has 6 rings (SSSR count). The van der Waals surface area contributed by atoms with Crippen LogP contribution in [0.25, 0.3) is 11.5 Å². The minimum atomic E-state index is -0.625. The molecule has 5 heterocycles. The van der Waals surface area contributed by atoms with E-state index in [4.69, 9.17) is 34.7 Å². The Morgan fingerprint density at radius 1 is 1.23 bits per heavy atom. The third-order valence-electron chi connectivity index (χ3n) is 8.67. The second kappa shape index (κ2) is 11.5. The fourth-order valence-corrected chi connectivity index (χ4v) is 7.33. The molecule has 2 N–H and O–H groups in total. The van der Waals surface area contributed by atoms with Crippen molar-refractivity contribution in [1.82, 2.24) is 29.9 Å². The first-order valence-corrected chi connectivity index (χ1v) is 15.9. The zero-order chi connectivity index (χ0) is 31.2. The first-order valence-electron chi connectivity index (χ1n) is 15.1. The highest BCUT2D eigenvalue weighted by molar-refractivity contribution is 7.16. The highest BCUT2D eigenvalue weighted by Gasteiger charge is 2.45. The number of aromatic nitrogens is 4. The van der Waals surface area contributed by atoms with Gasteiger partial charge in [0.05, 0.1) is 11.0 Å². The number of nitrogens with zero attached hydrogens (tertiary/aromatic N) is 8. The first kappa shape index (κ1) is 30.1. The number of carbonyl (C=O) groups is 1. The number of anilines is 2. The van der Waals surface area contributed by atoms with E-state index in [0.717, 1.165) is 42.7 Å². The molecular formula is C30H39N9O4S. The van der Waals surface area contributed by atoms with Crippen molar-refractivity contribution in [2.24, 2.45) is 0 Å². The Bertz CT molecular complexity index is 1580. The molecule has 44 heavy (non-hydrogen) atoms. The molecule has 0 radical (unpaired) electrons. The van der Waals surface area contributed by atoms with E-state index in [9.17, 15) is 10.1 Å². The maximum absolute atomic E-state index is 12.6. The summed E-state index contributed by atoms with van der Waals surface area (Å²) in [6.07, 6.45) is 3.40. The lowest BCUT2D eigenvalue weighted by Crippen LogP contribution is -2.50. The zero-order valence-electron chi connectivity index (χ0n) is 25.9. The second-order valence-electron chi connectivity index (χ2n) is 12.9. The number of thiophene rings is 1. The first-order chi connectivity index (χ1) is 20.9. The van der Waals surface area contributed by atoms with Crippen LogP contribution in [0.15, 0.2) is 10.6 Å². The number of nitrogens with two attached hydrogens (primary N) is 1. The number of nitrogen functional groups attached to an aromatic ring is 1. The van der Waals surface area contributed by atoms with Gasteiger partial charge in [-0.3, -0.25) is 0 Å². The number of hydrogen-bond donors (Lipinski definition) is 1. The number of rotatable bonds is 6. The number of aryl methyl sites for hydroxylation is 1. The number of hydrogen-bond acceptors (Lipinski definition) is 13. The highest BCUT2D eigenvalue weighted by Crippen LogP contribution is 2.50. The molecule has 0 saturated carbocycles. The quantitative estimate of drug-likeness (QED) is 0.424. The van der Waals surface area contributed by atoms with Crippen molar-refractivity contribution in [2.45, 2.75) is 70.4 Å². The third kappa shape index (κ3) is 5.78. The Morgan fingerprint density at radius 2 is 2.00 bits per heavy atom. The topological polar surface area (TPSA) is 160 Å². The Balaban J connectivity index is 1.27. The molecule has 3 aromatic rings. The van der Waals surface area contributed by atoms with Crippen LogP contribution in [-0.2, 0) is 16.6 Å². The van der Waals surface area contributed by atoms with E-state index in [0.29, 0.717) is 72.6 Å². The van der Waals surface area contributed by atoms with Gasteiger partial charge in [0.15, 0.2) is 0 Å². The average Bonchev–Trinajstić information content (AvgIpc) is 3.77. The maximum atomic E-state index is 12.6. The number of likely N-dealkylation sites (N-methyl/N-ethyl adjacent to an activating group) is 1. The highest BCUT2D eigenvalue weighted by atomic mass is 32.1. The van der Waals surface area contributed by atoms with E-state index < -0.39 is 11.0 Å². The Labute approximate surface area is 260 Å². The third-order valence-corrected chi connectivity index (χ3v) is 9.75. The molecule has 14 heteroatoms. The number of fused-ring (bicyclic) bond motifs is 1. The summed E-state index contributed by atoms with van der Waals surface area (Å²) >= 11 is 1.46. The van der Waals surface area contributed by atoms with Crippen LogP contribution in [0, 0.1) is 11.3 Å². The fourth-order valence-electron chi connectivity index (χ4n) is 6.18.